The Morgan fingerprint density at radius 3 is 2.55 bits per heavy atom. The molecule has 0 aliphatic carbocycles. The van der Waals surface area contributed by atoms with Gasteiger partial charge in [-0.05, 0) is 61.0 Å². The number of rotatable bonds is 10. The van der Waals surface area contributed by atoms with E-state index in [0.29, 0.717) is 22.9 Å². The molecule has 1 aromatic heterocycles. The van der Waals surface area contributed by atoms with E-state index < -0.39 is 6.10 Å². The van der Waals surface area contributed by atoms with Gasteiger partial charge in [0, 0.05) is 5.69 Å². The number of benzene rings is 2. The van der Waals surface area contributed by atoms with Crippen LogP contribution in [0.15, 0.2) is 71.4 Å². The minimum atomic E-state index is -0.835. The van der Waals surface area contributed by atoms with Crippen molar-refractivity contribution in [3.05, 3.63) is 78.3 Å². The van der Waals surface area contributed by atoms with Gasteiger partial charge in [-0.2, -0.15) is 0 Å². The molecule has 0 saturated heterocycles. The highest BCUT2D eigenvalue weighted by molar-refractivity contribution is 6.02. The third-order valence-electron chi connectivity index (χ3n) is 4.28. The number of hydrogen-bond donors (Lipinski definition) is 2. The zero-order valence-corrected chi connectivity index (χ0v) is 17.4. The molecule has 3 aromatic rings. The summed E-state index contributed by atoms with van der Waals surface area (Å²) in [4.78, 5) is 12.0. The molecule has 2 N–H and O–H groups in total. The topological polar surface area (TPSA) is 90.2 Å². The molecule has 0 saturated carbocycles. The number of amides is 1. The van der Waals surface area contributed by atoms with Gasteiger partial charge in [0.1, 0.15) is 25.1 Å². The third kappa shape index (κ3) is 6.38. The van der Waals surface area contributed by atoms with Crippen LogP contribution in [-0.2, 0) is 0 Å². The molecule has 2 aromatic carbocycles. The van der Waals surface area contributed by atoms with Crippen molar-refractivity contribution >= 4 is 17.7 Å². The molecule has 1 amide bonds. The second-order valence-electron chi connectivity index (χ2n) is 6.64. The Morgan fingerprint density at radius 2 is 1.87 bits per heavy atom. The van der Waals surface area contributed by atoms with E-state index in [1.807, 2.05) is 31.2 Å². The van der Waals surface area contributed by atoms with E-state index in [-0.39, 0.29) is 24.9 Å². The highest BCUT2D eigenvalue weighted by Gasteiger charge is 2.11. The average Bonchev–Trinajstić information content (AvgIpc) is 3.33. The molecular formula is C24H25NO6. The average molecular weight is 423 g/mol. The summed E-state index contributed by atoms with van der Waals surface area (Å²) in [6.07, 6.45) is 4.51. The predicted molar refractivity (Wildman–Crippen MR) is 118 cm³/mol. The molecule has 0 aliphatic rings. The number of allylic oxidation sites excluding steroid dienone is 1. The second-order valence-corrected chi connectivity index (χ2v) is 6.64. The summed E-state index contributed by atoms with van der Waals surface area (Å²) < 4.78 is 21.7. The lowest BCUT2D eigenvalue weighted by Crippen LogP contribution is -2.25. The van der Waals surface area contributed by atoms with Crippen LogP contribution in [-0.4, -0.2) is 37.4 Å². The number of nitrogens with one attached hydrogen (secondary N) is 1. The SMILES string of the molecule is CC=Cc1ccc(OCC(O)COc2ccc(NC(=O)c3ccco3)cc2)c(OC)c1. The number of ether oxygens (including phenoxy) is 3. The third-order valence-corrected chi connectivity index (χ3v) is 4.28. The van der Waals surface area contributed by atoms with Crippen LogP contribution in [0.3, 0.4) is 0 Å². The van der Waals surface area contributed by atoms with Crippen molar-refractivity contribution in [1.29, 1.82) is 0 Å². The molecule has 0 bridgehead atoms. The number of methoxy groups -OCH3 is 1. The van der Waals surface area contributed by atoms with Crippen molar-refractivity contribution in [2.45, 2.75) is 13.0 Å². The van der Waals surface area contributed by atoms with Gasteiger partial charge in [-0.3, -0.25) is 4.79 Å². The molecule has 1 heterocycles. The van der Waals surface area contributed by atoms with Crippen LogP contribution in [0.4, 0.5) is 5.69 Å². The van der Waals surface area contributed by atoms with E-state index in [0.717, 1.165) is 5.56 Å². The molecule has 0 aliphatic heterocycles. The van der Waals surface area contributed by atoms with Crippen molar-refractivity contribution in [2.24, 2.45) is 0 Å². The van der Waals surface area contributed by atoms with Crippen LogP contribution < -0.4 is 19.5 Å². The molecule has 0 fully saturated rings. The smallest absolute Gasteiger partial charge is 0.291 e. The van der Waals surface area contributed by atoms with E-state index in [1.54, 1.807) is 49.6 Å². The quantitative estimate of drug-likeness (QED) is 0.503. The zero-order valence-electron chi connectivity index (χ0n) is 17.4. The molecule has 7 heteroatoms. The molecule has 7 nitrogen and oxygen atoms in total. The Labute approximate surface area is 180 Å². The van der Waals surface area contributed by atoms with Crippen molar-refractivity contribution in [3.63, 3.8) is 0 Å². The Kier molecular flexibility index (Phi) is 7.73. The number of carbonyl (C=O) groups is 1. The van der Waals surface area contributed by atoms with Crippen LogP contribution in [0.1, 0.15) is 23.0 Å². The maximum Gasteiger partial charge on any atom is 0.291 e. The number of aliphatic hydroxyl groups excluding tert-OH is 1. The van der Waals surface area contributed by atoms with Gasteiger partial charge >= 0.3 is 0 Å². The Balaban J connectivity index is 1.46. The number of aliphatic hydroxyl groups is 1. The highest BCUT2D eigenvalue weighted by atomic mass is 16.5. The van der Waals surface area contributed by atoms with Crippen molar-refractivity contribution < 1.29 is 28.5 Å². The fraction of sp³-hybridized carbons (Fsp3) is 0.208. The first kappa shape index (κ1) is 22.0. The Hall–Kier alpha value is -3.71. The van der Waals surface area contributed by atoms with Gasteiger partial charge in [0.05, 0.1) is 13.4 Å². The first-order valence-electron chi connectivity index (χ1n) is 9.78. The van der Waals surface area contributed by atoms with E-state index >= 15 is 0 Å². The molecule has 3 rings (SSSR count). The van der Waals surface area contributed by atoms with Crippen molar-refractivity contribution in [2.75, 3.05) is 25.6 Å². The summed E-state index contributed by atoms with van der Waals surface area (Å²) in [5.41, 5.74) is 1.60. The highest BCUT2D eigenvalue weighted by Crippen LogP contribution is 2.28. The largest absolute Gasteiger partial charge is 0.493 e. The second kappa shape index (κ2) is 10.9. The number of furan rings is 1. The summed E-state index contributed by atoms with van der Waals surface area (Å²) in [6, 6.07) is 15.6. The van der Waals surface area contributed by atoms with E-state index in [9.17, 15) is 9.90 Å². The van der Waals surface area contributed by atoms with Gasteiger partial charge in [0.25, 0.3) is 5.91 Å². The van der Waals surface area contributed by atoms with Gasteiger partial charge in [-0.25, -0.2) is 0 Å². The van der Waals surface area contributed by atoms with Gasteiger partial charge in [0.15, 0.2) is 17.3 Å². The molecule has 0 spiro atoms. The van der Waals surface area contributed by atoms with Gasteiger partial charge in [0.2, 0.25) is 0 Å². The maximum atomic E-state index is 12.0. The minimum Gasteiger partial charge on any atom is -0.493 e. The molecule has 1 unspecified atom stereocenters. The monoisotopic (exact) mass is 423 g/mol. The maximum absolute atomic E-state index is 12.0. The molecule has 1 atom stereocenters. The van der Waals surface area contributed by atoms with Crippen molar-refractivity contribution in [1.82, 2.24) is 0 Å². The predicted octanol–water partition coefficient (Wildman–Crippen LogP) is 4.39. The minimum absolute atomic E-state index is 0.0522. The van der Waals surface area contributed by atoms with E-state index in [2.05, 4.69) is 5.32 Å². The first-order valence-corrected chi connectivity index (χ1v) is 9.78. The molecule has 162 valence electrons. The van der Waals surface area contributed by atoms with E-state index in [4.69, 9.17) is 18.6 Å². The summed E-state index contributed by atoms with van der Waals surface area (Å²) in [6.45, 7) is 2.05. The lowest BCUT2D eigenvalue weighted by Gasteiger charge is -2.16. The Bertz CT molecular complexity index is 995. The number of carbonyl (C=O) groups excluding carboxylic acids is 1. The molecular weight excluding hydrogens is 398 g/mol. The van der Waals surface area contributed by atoms with Crippen LogP contribution in [0, 0.1) is 0 Å². The lowest BCUT2D eigenvalue weighted by molar-refractivity contribution is 0.0617. The van der Waals surface area contributed by atoms with Crippen LogP contribution in [0.2, 0.25) is 0 Å². The number of anilines is 1. The Morgan fingerprint density at radius 1 is 1.10 bits per heavy atom. The standard InChI is InChI=1S/C24H25NO6/c1-3-5-17-7-12-21(23(14-17)28-2)31-16-19(26)15-30-20-10-8-18(9-11-20)25-24(27)22-6-4-13-29-22/h3-14,19,26H,15-16H2,1-2H3,(H,25,27). The molecule has 0 radical (unpaired) electrons. The molecule has 31 heavy (non-hydrogen) atoms. The van der Waals surface area contributed by atoms with Crippen LogP contribution in [0.25, 0.3) is 6.08 Å². The summed E-state index contributed by atoms with van der Waals surface area (Å²) in [5, 5.41) is 12.9. The summed E-state index contributed by atoms with van der Waals surface area (Å²) in [5.74, 6) is 1.60. The van der Waals surface area contributed by atoms with Crippen LogP contribution in [0.5, 0.6) is 17.2 Å². The summed E-state index contributed by atoms with van der Waals surface area (Å²) >= 11 is 0. The van der Waals surface area contributed by atoms with Gasteiger partial charge in [-0.1, -0.05) is 18.2 Å². The zero-order chi connectivity index (χ0) is 22.1. The summed E-state index contributed by atoms with van der Waals surface area (Å²) in [7, 11) is 1.57. The number of hydrogen-bond acceptors (Lipinski definition) is 6. The fourth-order valence-corrected chi connectivity index (χ4v) is 2.76. The van der Waals surface area contributed by atoms with Crippen molar-refractivity contribution in [3.8, 4) is 17.2 Å². The fourth-order valence-electron chi connectivity index (χ4n) is 2.76. The van der Waals surface area contributed by atoms with Gasteiger partial charge in [-0.15, -0.1) is 0 Å². The van der Waals surface area contributed by atoms with E-state index in [1.165, 1.54) is 6.26 Å². The normalized spacial score (nSPS) is 11.8. The lowest BCUT2D eigenvalue weighted by atomic mass is 10.2. The first-order chi connectivity index (χ1) is 15.1. The van der Waals surface area contributed by atoms with Crippen LogP contribution >= 0.6 is 0 Å². The van der Waals surface area contributed by atoms with Gasteiger partial charge < -0.3 is 29.1 Å².